The number of aromatic nitrogens is 2. The van der Waals surface area contributed by atoms with E-state index in [0.717, 1.165) is 29.9 Å². The Kier molecular flexibility index (Phi) is 2.94. The maximum absolute atomic E-state index is 6.69. The van der Waals surface area contributed by atoms with Crippen LogP contribution in [0.25, 0.3) is 11.0 Å². The number of ether oxygens (including phenoxy) is 2. The molecular formula is C16H21N3O2. The lowest BCUT2D eigenvalue weighted by atomic mass is 9.90. The summed E-state index contributed by atoms with van der Waals surface area (Å²) in [4.78, 5) is 4.88. The fourth-order valence-electron chi connectivity index (χ4n) is 3.22. The van der Waals surface area contributed by atoms with Gasteiger partial charge in [0, 0.05) is 25.3 Å². The van der Waals surface area contributed by atoms with E-state index in [2.05, 4.69) is 10.6 Å². The van der Waals surface area contributed by atoms with E-state index in [-0.39, 0.29) is 5.54 Å². The first-order valence-electron chi connectivity index (χ1n) is 7.64. The minimum absolute atomic E-state index is 0.368. The predicted molar refractivity (Wildman–Crippen MR) is 80.5 cm³/mol. The number of nitrogens with two attached hydrogens (primary N) is 1. The Hall–Kier alpha value is -1.59. The Labute approximate surface area is 124 Å². The largest absolute Gasteiger partial charge is 0.497 e. The summed E-state index contributed by atoms with van der Waals surface area (Å²) in [6, 6.07) is 6.66. The highest BCUT2D eigenvalue weighted by Crippen LogP contribution is 2.42. The van der Waals surface area contributed by atoms with Crippen molar-refractivity contribution >= 4 is 11.0 Å². The van der Waals surface area contributed by atoms with Gasteiger partial charge < -0.3 is 19.8 Å². The van der Waals surface area contributed by atoms with Gasteiger partial charge in [-0.05, 0) is 37.8 Å². The van der Waals surface area contributed by atoms with Gasteiger partial charge in [-0.15, -0.1) is 0 Å². The van der Waals surface area contributed by atoms with Crippen LogP contribution in [0.1, 0.15) is 37.5 Å². The second-order valence-corrected chi connectivity index (χ2v) is 6.16. The third kappa shape index (κ3) is 2.12. The summed E-state index contributed by atoms with van der Waals surface area (Å²) < 4.78 is 13.2. The molecule has 2 heterocycles. The quantitative estimate of drug-likeness (QED) is 0.941. The Bertz CT molecular complexity index is 669. The van der Waals surface area contributed by atoms with Gasteiger partial charge >= 0.3 is 0 Å². The van der Waals surface area contributed by atoms with Gasteiger partial charge in [0.2, 0.25) is 0 Å². The molecule has 1 aromatic heterocycles. The van der Waals surface area contributed by atoms with Crippen molar-refractivity contribution in [2.75, 3.05) is 20.3 Å². The van der Waals surface area contributed by atoms with Crippen LogP contribution in [0.5, 0.6) is 5.75 Å². The summed E-state index contributed by atoms with van der Waals surface area (Å²) in [6.07, 6.45) is 4.11. The van der Waals surface area contributed by atoms with Crippen molar-refractivity contribution in [3.05, 3.63) is 24.0 Å². The number of methoxy groups -OCH3 is 1. The summed E-state index contributed by atoms with van der Waals surface area (Å²) in [7, 11) is 1.68. The molecule has 0 amide bonds. The molecule has 4 rings (SSSR count). The fraction of sp³-hybridized carbons (Fsp3) is 0.562. The van der Waals surface area contributed by atoms with Crippen LogP contribution in [0.3, 0.4) is 0 Å². The Morgan fingerprint density at radius 1 is 1.33 bits per heavy atom. The number of fused-ring (bicyclic) bond motifs is 1. The number of rotatable bonds is 3. The van der Waals surface area contributed by atoms with Crippen LogP contribution < -0.4 is 10.5 Å². The predicted octanol–water partition coefficient (Wildman–Crippen LogP) is 2.34. The van der Waals surface area contributed by atoms with Gasteiger partial charge in [0.05, 0.1) is 23.7 Å². The molecule has 0 unspecified atom stereocenters. The third-order valence-electron chi connectivity index (χ3n) is 4.64. The maximum atomic E-state index is 6.69. The summed E-state index contributed by atoms with van der Waals surface area (Å²) >= 11 is 0. The molecule has 0 spiro atoms. The summed E-state index contributed by atoms with van der Waals surface area (Å²) in [5.41, 5.74) is 8.47. The minimum Gasteiger partial charge on any atom is -0.497 e. The van der Waals surface area contributed by atoms with Crippen molar-refractivity contribution in [3.8, 4) is 5.75 Å². The van der Waals surface area contributed by atoms with E-state index in [1.54, 1.807) is 7.11 Å². The zero-order chi connectivity index (χ0) is 14.4. The molecule has 21 heavy (non-hydrogen) atoms. The Balaban J connectivity index is 1.88. The molecule has 0 radical (unpaired) electrons. The van der Waals surface area contributed by atoms with Gasteiger partial charge in [0.25, 0.3) is 0 Å². The molecule has 1 saturated heterocycles. The van der Waals surface area contributed by atoms with E-state index in [1.807, 2.05) is 12.1 Å². The van der Waals surface area contributed by atoms with Crippen LogP contribution in [-0.4, -0.2) is 29.9 Å². The molecule has 1 saturated carbocycles. The molecule has 112 valence electrons. The molecule has 2 N–H and O–H groups in total. The van der Waals surface area contributed by atoms with Gasteiger partial charge in [0.1, 0.15) is 11.6 Å². The van der Waals surface area contributed by atoms with Crippen molar-refractivity contribution in [1.82, 2.24) is 9.55 Å². The molecular weight excluding hydrogens is 266 g/mol. The second-order valence-electron chi connectivity index (χ2n) is 6.16. The van der Waals surface area contributed by atoms with Gasteiger partial charge in [-0.3, -0.25) is 0 Å². The maximum Gasteiger partial charge on any atom is 0.130 e. The average Bonchev–Trinajstić information content (AvgIpc) is 3.27. The van der Waals surface area contributed by atoms with E-state index >= 15 is 0 Å². The van der Waals surface area contributed by atoms with Crippen LogP contribution in [0.4, 0.5) is 0 Å². The average molecular weight is 287 g/mol. The monoisotopic (exact) mass is 287 g/mol. The zero-order valence-electron chi connectivity index (χ0n) is 12.3. The number of nitrogens with zero attached hydrogens (tertiary/aromatic N) is 2. The summed E-state index contributed by atoms with van der Waals surface area (Å²) in [5, 5.41) is 0. The van der Waals surface area contributed by atoms with E-state index in [4.69, 9.17) is 20.2 Å². The smallest absolute Gasteiger partial charge is 0.130 e. The second kappa shape index (κ2) is 4.71. The first kappa shape index (κ1) is 13.1. The van der Waals surface area contributed by atoms with E-state index in [9.17, 15) is 0 Å². The number of hydrogen-bond acceptors (Lipinski definition) is 4. The van der Waals surface area contributed by atoms with Crippen molar-refractivity contribution in [2.24, 2.45) is 5.73 Å². The molecule has 5 heteroatoms. The molecule has 1 aliphatic heterocycles. The van der Waals surface area contributed by atoms with E-state index in [1.165, 1.54) is 18.4 Å². The number of benzene rings is 1. The lowest BCUT2D eigenvalue weighted by molar-refractivity contribution is 0.0480. The van der Waals surface area contributed by atoms with Gasteiger partial charge in [-0.2, -0.15) is 0 Å². The van der Waals surface area contributed by atoms with Gasteiger partial charge in [0.15, 0.2) is 0 Å². The first-order chi connectivity index (χ1) is 10.2. The first-order valence-corrected chi connectivity index (χ1v) is 7.64. The molecule has 2 aromatic rings. The van der Waals surface area contributed by atoms with Crippen LogP contribution in [0, 0.1) is 0 Å². The van der Waals surface area contributed by atoms with Crippen LogP contribution in [-0.2, 0) is 10.3 Å². The Morgan fingerprint density at radius 2 is 2.10 bits per heavy atom. The van der Waals surface area contributed by atoms with Gasteiger partial charge in [-0.1, -0.05) is 0 Å². The highest BCUT2D eigenvalue weighted by molar-refractivity contribution is 5.78. The minimum atomic E-state index is -0.368. The molecule has 1 aliphatic carbocycles. The normalized spacial score (nSPS) is 21.6. The van der Waals surface area contributed by atoms with Crippen molar-refractivity contribution in [3.63, 3.8) is 0 Å². The summed E-state index contributed by atoms with van der Waals surface area (Å²) in [5.74, 6) is 1.86. The van der Waals surface area contributed by atoms with Crippen molar-refractivity contribution in [2.45, 2.75) is 37.3 Å². The molecule has 1 aromatic carbocycles. The van der Waals surface area contributed by atoms with Crippen molar-refractivity contribution in [1.29, 1.82) is 0 Å². The molecule has 0 bridgehead atoms. The van der Waals surface area contributed by atoms with Crippen LogP contribution in [0.15, 0.2) is 18.2 Å². The van der Waals surface area contributed by atoms with Crippen molar-refractivity contribution < 1.29 is 9.47 Å². The molecule has 2 fully saturated rings. The highest BCUT2D eigenvalue weighted by atomic mass is 16.5. The fourth-order valence-corrected chi connectivity index (χ4v) is 3.22. The zero-order valence-corrected chi connectivity index (χ0v) is 12.3. The molecule has 2 aliphatic rings. The third-order valence-corrected chi connectivity index (χ3v) is 4.64. The SMILES string of the molecule is COc1ccc2c(c1)nc(C1(N)CCOCC1)n2C1CC1. The topological polar surface area (TPSA) is 62.3 Å². The van der Waals surface area contributed by atoms with Crippen LogP contribution >= 0.6 is 0 Å². The highest BCUT2D eigenvalue weighted by Gasteiger charge is 2.39. The molecule has 0 atom stereocenters. The summed E-state index contributed by atoms with van der Waals surface area (Å²) in [6.45, 7) is 1.43. The lowest BCUT2D eigenvalue weighted by Crippen LogP contribution is -2.44. The lowest BCUT2D eigenvalue weighted by Gasteiger charge is -2.33. The molecule has 5 nitrogen and oxygen atoms in total. The number of imidazole rings is 1. The van der Waals surface area contributed by atoms with Crippen LogP contribution in [0.2, 0.25) is 0 Å². The van der Waals surface area contributed by atoms with E-state index in [0.29, 0.717) is 19.3 Å². The Morgan fingerprint density at radius 3 is 2.76 bits per heavy atom. The standard InChI is InChI=1S/C16H21N3O2/c1-20-12-4-5-14-13(10-12)18-15(19(14)11-2-3-11)16(17)6-8-21-9-7-16/h4-5,10-11H,2-3,6-9,17H2,1H3. The van der Waals surface area contributed by atoms with Gasteiger partial charge in [-0.25, -0.2) is 4.98 Å². The number of hydrogen-bond donors (Lipinski definition) is 1. The van der Waals surface area contributed by atoms with E-state index < -0.39 is 0 Å².